The minimum absolute atomic E-state index is 0.365. The van der Waals surface area contributed by atoms with Crippen molar-refractivity contribution in [2.24, 2.45) is 4.99 Å². The van der Waals surface area contributed by atoms with E-state index >= 15 is 0 Å². The fourth-order valence-electron chi connectivity index (χ4n) is 2.72. The van der Waals surface area contributed by atoms with Gasteiger partial charge in [0.25, 0.3) is 0 Å². The SMILES string of the molecule is CCNC(=NCc1ccc(S(C)(=O)=O)c(C)c1)NCCCOc1ccccc1. The molecule has 0 atom stereocenters. The van der Waals surface area contributed by atoms with E-state index in [1.54, 1.807) is 13.0 Å². The lowest BCUT2D eigenvalue weighted by Crippen LogP contribution is -2.38. The quantitative estimate of drug-likeness (QED) is 0.382. The third-order valence-electron chi connectivity index (χ3n) is 4.03. The van der Waals surface area contributed by atoms with E-state index in [0.717, 1.165) is 42.3 Å². The first-order chi connectivity index (χ1) is 13.4. The fraction of sp³-hybridized carbons (Fsp3) is 0.381. The van der Waals surface area contributed by atoms with Gasteiger partial charge in [0.05, 0.1) is 18.0 Å². The lowest BCUT2D eigenvalue weighted by atomic mass is 10.1. The Balaban J connectivity index is 1.85. The molecule has 2 aromatic carbocycles. The van der Waals surface area contributed by atoms with E-state index in [1.807, 2.05) is 49.4 Å². The molecule has 2 rings (SSSR count). The molecule has 0 aromatic heterocycles. The Labute approximate surface area is 168 Å². The second-order valence-electron chi connectivity index (χ2n) is 6.51. The summed E-state index contributed by atoms with van der Waals surface area (Å²) in [6.07, 6.45) is 2.07. The van der Waals surface area contributed by atoms with Crippen LogP contribution in [0.25, 0.3) is 0 Å². The summed E-state index contributed by atoms with van der Waals surface area (Å²) >= 11 is 0. The van der Waals surface area contributed by atoms with E-state index < -0.39 is 9.84 Å². The molecule has 0 saturated carbocycles. The molecule has 28 heavy (non-hydrogen) atoms. The molecule has 0 heterocycles. The van der Waals surface area contributed by atoms with Gasteiger partial charge in [-0.15, -0.1) is 0 Å². The zero-order chi connectivity index (χ0) is 20.4. The van der Waals surface area contributed by atoms with Crippen molar-refractivity contribution >= 4 is 15.8 Å². The molecule has 0 aliphatic carbocycles. The third kappa shape index (κ3) is 7.23. The van der Waals surface area contributed by atoms with Crippen LogP contribution in [0.4, 0.5) is 0 Å². The van der Waals surface area contributed by atoms with Crippen LogP contribution < -0.4 is 15.4 Å². The predicted molar refractivity (Wildman–Crippen MR) is 114 cm³/mol. The van der Waals surface area contributed by atoms with Crippen molar-refractivity contribution in [1.29, 1.82) is 0 Å². The number of aliphatic imine (C=N–C) groups is 1. The summed E-state index contributed by atoms with van der Waals surface area (Å²) in [5, 5.41) is 6.50. The van der Waals surface area contributed by atoms with Gasteiger partial charge in [0.1, 0.15) is 5.75 Å². The highest BCUT2D eigenvalue weighted by molar-refractivity contribution is 7.90. The third-order valence-corrected chi connectivity index (χ3v) is 5.29. The van der Waals surface area contributed by atoms with Crippen LogP contribution in [0.3, 0.4) is 0 Å². The summed E-state index contributed by atoms with van der Waals surface area (Å²) < 4.78 is 29.1. The average Bonchev–Trinajstić information content (AvgIpc) is 2.65. The number of sulfone groups is 1. The molecule has 0 fully saturated rings. The first-order valence-electron chi connectivity index (χ1n) is 9.39. The lowest BCUT2D eigenvalue weighted by Gasteiger charge is -2.12. The maximum absolute atomic E-state index is 11.7. The van der Waals surface area contributed by atoms with Crippen LogP contribution in [0.5, 0.6) is 5.75 Å². The van der Waals surface area contributed by atoms with Gasteiger partial charge in [0.2, 0.25) is 0 Å². The second kappa shape index (κ2) is 10.7. The Hall–Kier alpha value is -2.54. The number of ether oxygens (including phenoxy) is 1. The number of benzene rings is 2. The maximum atomic E-state index is 11.7. The lowest BCUT2D eigenvalue weighted by molar-refractivity contribution is 0.311. The molecular formula is C21H29N3O3S. The van der Waals surface area contributed by atoms with Crippen LogP contribution in [-0.4, -0.2) is 40.3 Å². The molecule has 6 nitrogen and oxygen atoms in total. The average molecular weight is 404 g/mol. The first-order valence-corrected chi connectivity index (χ1v) is 11.3. The topological polar surface area (TPSA) is 79.8 Å². The van der Waals surface area contributed by atoms with E-state index in [2.05, 4.69) is 15.6 Å². The number of hydrogen-bond donors (Lipinski definition) is 2. The standard InChI is InChI=1S/C21H29N3O3S/c1-4-22-21(23-13-8-14-27-19-9-6-5-7-10-19)24-16-18-11-12-20(17(2)15-18)28(3,25)26/h5-7,9-12,15H,4,8,13-14,16H2,1-3H3,(H2,22,23,24). The van der Waals surface area contributed by atoms with Crippen molar-refractivity contribution in [3.63, 3.8) is 0 Å². The van der Waals surface area contributed by atoms with Gasteiger partial charge in [0.15, 0.2) is 15.8 Å². The van der Waals surface area contributed by atoms with E-state index in [0.29, 0.717) is 18.0 Å². The number of hydrogen-bond acceptors (Lipinski definition) is 4. The predicted octanol–water partition coefficient (Wildman–Crippen LogP) is 2.92. The summed E-state index contributed by atoms with van der Waals surface area (Å²) in [6, 6.07) is 15.1. The molecule has 0 bridgehead atoms. The minimum Gasteiger partial charge on any atom is -0.494 e. The summed E-state index contributed by atoms with van der Waals surface area (Å²) in [7, 11) is -3.20. The van der Waals surface area contributed by atoms with Gasteiger partial charge in [-0.2, -0.15) is 0 Å². The zero-order valence-electron chi connectivity index (χ0n) is 16.7. The highest BCUT2D eigenvalue weighted by Crippen LogP contribution is 2.17. The molecule has 0 aliphatic rings. The maximum Gasteiger partial charge on any atom is 0.191 e. The minimum atomic E-state index is -3.20. The van der Waals surface area contributed by atoms with E-state index in [9.17, 15) is 8.42 Å². The zero-order valence-corrected chi connectivity index (χ0v) is 17.6. The molecule has 0 unspecified atom stereocenters. The van der Waals surface area contributed by atoms with Crippen LogP contribution in [-0.2, 0) is 16.4 Å². The molecule has 0 aliphatic heterocycles. The van der Waals surface area contributed by atoms with Crippen LogP contribution in [0, 0.1) is 6.92 Å². The molecule has 0 radical (unpaired) electrons. The molecule has 0 spiro atoms. The van der Waals surface area contributed by atoms with Crippen molar-refractivity contribution in [2.75, 3.05) is 26.0 Å². The highest BCUT2D eigenvalue weighted by Gasteiger charge is 2.10. The van der Waals surface area contributed by atoms with Crippen LogP contribution in [0.1, 0.15) is 24.5 Å². The van der Waals surface area contributed by atoms with Gasteiger partial charge in [-0.05, 0) is 49.6 Å². The molecule has 0 amide bonds. The number of nitrogens with zero attached hydrogens (tertiary/aromatic N) is 1. The Kier molecular flexibility index (Phi) is 8.32. The van der Waals surface area contributed by atoms with E-state index in [-0.39, 0.29) is 0 Å². The Morgan fingerprint density at radius 3 is 2.50 bits per heavy atom. The number of rotatable bonds is 9. The normalized spacial score (nSPS) is 11.9. The Morgan fingerprint density at radius 1 is 1.11 bits per heavy atom. The van der Waals surface area contributed by atoms with Gasteiger partial charge >= 0.3 is 0 Å². The van der Waals surface area contributed by atoms with Crippen LogP contribution in [0.15, 0.2) is 58.4 Å². The molecular weight excluding hydrogens is 374 g/mol. The summed E-state index contributed by atoms with van der Waals surface area (Å²) in [5.41, 5.74) is 1.71. The Morgan fingerprint density at radius 2 is 1.86 bits per heavy atom. The summed E-state index contributed by atoms with van der Waals surface area (Å²) in [4.78, 5) is 4.94. The summed E-state index contributed by atoms with van der Waals surface area (Å²) in [6.45, 7) is 6.42. The van der Waals surface area contributed by atoms with Crippen LogP contribution in [0.2, 0.25) is 0 Å². The molecule has 7 heteroatoms. The number of para-hydroxylation sites is 1. The van der Waals surface area contributed by atoms with Crippen molar-refractivity contribution in [3.8, 4) is 5.75 Å². The van der Waals surface area contributed by atoms with Gasteiger partial charge < -0.3 is 15.4 Å². The van der Waals surface area contributed by atoms with Crippen LogP contribution >= 0.6 is 0 Å². The van der Waals surface area contributed by atoms with Gasteiger partial charge in [-0.25, -0.2) is 13.4 Å². The van der Waals surface area contributed by atoms with Gasteiger partial charge in [-0.1, -0.05) is 30.3 Å². The molecule has 0 saturated heterocycles. The number of nitrogens with one attached hydrogen (secondary N) is 2. The van der Waals surface area contributed by atoms with E-state index in [4.69, 9.17) is 4.74 Å². The first kappa shape index (κ1) is 21.8. The number of aryl methyl sites for hydroxylation is 1. The highest BCUT2D eigenvalue weighted by atomic mass is 32.2. The molecule has 152 valence electrons. The largest absolute Gasteiger partial charge is 0.494 e. The van der Waals surface area contributed by atoms with E-state index in [1.165, 1.54) is 6.26 Å². The fourth-order valence-corrected chi connectivity index (χ4v) is 3.68. The molecule has 2 N–H and O–H groups in total. The number of guanidine groups is 1. The molecule has 2 aromatic rings. The monoisotopic (exact) mass is 403 g/mol. The summed E-state index contributed by atoms with van der Waals surface area (Å²) in [5.74, 6) is 1.60. The smallest absolute Gasteiger partial charge is 0.191 e. The van der Waals surface area contributed by atoms with Crippen molar-refractivity contribution in [1.82, 2.24) is 10.6 Å². The Bertz CT molecular complexity index is 881. The van der Waals surface area contributed by atoms with Gasteiger partial charge in [0, 0.05) is 19.3 Å². The van der Waals surface area contributed by atoms with Gasteiger partial charge in [-0.3, -0.25) is 0 Å². The van der Waals surface area contributed by atoms with Crippen molar-refractivity contribution in [2.45, 2.75) is 31.7 Å². The second-order valence-corrected chi connectivity index (χ2v) is 8.49. The van der Waals surface area contributed by atoms with Crippen molar-refractivity contribution in [3.05, 3.63) is 59.7 Å². The van der Waals surface area contributed by atoms with Crippen molar-refractivity contribution < 1.29 is 13.2 Å².